The van der Waals surface area contributed by atoms with Crippen molar-refractivity contribution in [2.75, 3.05) is 6.16 Å². The Kier molecular flexibility index (Phi) is 13.2. The summed E-state index contributed by atoms with van der Waals surface area (Å²) in [5.74, 6) is -0.0479. The number of carbonyl (C=O) groups excluding carboxylic acids is 1. The van der Waals surface area contributed by atoms with Crippen molar-refractivity contribution >= 4 is 24.9 Å². The van der Waals surface area contributed by atoms with Crippen LogP contribution in [0.4, 0.5) is 0 Å². The van der Waals surface area contributed by atoms with Gasteiger partial charge in [0.15, 0.2) is 0 Å². The first-order chi connectivity index (χ1) is 21.6. The van der Waals surface area contributed by atoms with E-state index in [1.165, 1.54) is 96.3 Å². The molecule has 246 valence electrons. The van der Waals surface area contributed by atoms with Gasteiger partial charge in [0.25, 0.3) is 11.1 Å². The van der Waals surface area contributed by atoms with E-state index in [-0.39, 0.29) is 17.0 Å². The molecule has 0 bridgehead atoms. The Labute approximate surface area is 266 Å². The van der Waals surface area contributed by atoms with Crippen molar-refractivity contribution in [3.63, 3.8) is 0 Å². The highest BCUT2D eigenvalue weighted by atomic mass is 31.2. The maximum absolute atomic E-state index is 12.6. The molecule has 4 aliphatic carbocycles. The first-order valence-corrected chi connectivity index (χ1v) is 21.0. The number of aromatic amines is 2. The van der Waals surface area contributed by atoms with Crippen LogP contribution >= 0.6 is 7.26 Å². The van der Waals surface area contributed by atoms with Gasteiger partial charge in [-0.05, 0) is 109 Å². The van der Waals surface area contributed by atoms with Crippen molar-refractivity contribution in [2.24, 2.45) is 0 Å². The van der Waals surface area contributed by atoms with Gasteiger partial charge in [0, 0.05) is 19.4 Å². The van der Waals surface area contributed by atoms with Crippen molar-refractivity contribution in [1.82, 2.24) is 15.5 Å². The van der Waals surface area contributed by atoms with Crippen LogP contribution in [0, 0.1) is 0 Å². The SMILES string of the molecule is O=C(CCCCCCCCCC[P+](C1CCCCC1)(C1CCCCC1)C1CCCCC1)NC1=c2c(=O)[nH][nH]c(=O)c2=CCC1. The van der Waals surface area contributed by atoms with Gasteiger partial charge < -0.3 is 5.32 Å². The van der Waals surface area contributed by atoms with Gasteiger partial charge in [0.1, 0.15) is 0 Å². The molecule has 5 rings (SSSR count). The maximum Gasteiger partial charge on any atom is 0.272 e. The number of aromatic nitrogens is 2. The summed E-state index contributed by atoms with van der Waals surface area (Å²) in [7, 11) is -0.917. The van der Waals surface area contributed by atoms with E-state index in [0.29, 0.717) is 35.4 Å². The van der Waals surface area contributed by atoms with Crippen LogP contribution in [-0.2, 0) is 4.79 Å². The van der Waals surface area contributed by atoms with E-state index in [1.54, 1.807) is 50.8 Å². The minimum atomic E-state index is -0.917. The number of carbonyl (C=O) groups is 1. The van der Waals surface area contributed by atoms with Crippen LogP contribution in [-0.4, -0.2) is 39.2 Å². The standard InChI is InChI=1S/C37H60N3O3P/c41-34(38-33-26-18-25-32-35(33)37(43)40-39-36(32)42)27-16-5-3-1-2-4-6-17-28-44(29-19-10-7-11-20-29,30-21-12-8-13-22-30)31-23-14-9-15-24-31/h25,29-31H,1-24,26-28H2,(H2-,38,39,40,41,42,43)/p+1. The molecule has 1 heterocycles. The van der Waals surface area contributed by atoms with Crippen molar-refractivity contribution < 1.29 is 4.79 Å². The number of nitrogens with one attached hydrogen (secondary N) is 3. The molecule has 0 atom stereocenters. The summed E-state index contributed by atoms with van der Waals surface area (Å²) in [5.41, 5.74) is 3.27. The van der Waals surface area contributed by atoms with Crippen LogP contribution in [0.3, 0.4) is 0 Å². The molecule has 0 aromatic carbocycles. The number of rotatable bonds is 15. The number of amides is 1. The first kappa shape index (κ1) is 33.7. The van der Waals surface area contributed by atoms with Crippen molar-refractivity contribution in [3.8, 4) is 0 Å². The van der Waals surface area contributed by atoms with E-state index in [4.69, 9.17) is 0 Å². The molecule has 1 amide bonds. The Morgan fingerprint density at radius 3 is 1.68 bits per heavy atom. The lowest BCUT2D eigenvalue weighted by Gasteiger charge is -2.49. The van der Waals surface area contributed by atoms with E-state index in [0.717, 1.165) is 29.8 Å². The lowest BCUT2D eigenvalue weighted by Crippen LogP contribution is -2.55. The van der Waals surface area contributed by atoms with Crippen LogP contribution in [0.1, 0.15) is 167 Å². The molecule has 0 unspecified atom stereocenters. The third-order valence-electron chi connectivity index (χ3n) is 11.8. The highest BCUT2D eigenvalue weighted by molar-refractivity contribution is 7.77. The van der Waals surface area contributed by atoms with Gasteiger partial charge in [-0.2, -0.15) is 0 Å². The topological polar surface area (TPSA) is 94.8 Å². The molecule has 7 heteroatoms. The predicted molar refractivity (Wildman–Crippen MR) is 186 cm³/mol. The summed E-state index contributed by atoms with van der Waals surface area (Å²) in [6.07, 6.45) is 38.2. The number of H-pyrrole nitrogens is 2. The highest BCUT2D eigenvalue weighted by Gasteiger charge is 2.56. The Bertz CT molecular complexity index is 1240. The molecule has 1 aromatic rings. The number of fused-ring (bicyclic) bond motifs is 1. The van der Waals surface area contributed by atoms with Crippen LogP contribution in [0.25, 0.3) is 11.8 Å². The van der Waals surface area contributed by atoms with Gasteiger partial charge in [-0.1, -0.05) is 57.4 Å². The highest BCUT2D eigenvalue weighted by Crippen LogP contribution is 2.77. The molecule has 4 aliphatic rings. The van der Waals surface area contributed by atoms with Gasteiger partial charge in [0.2, 0.25) is 5.91 Å². The number of unbranched alkanes of at least 4 members (excludes halogenated alkanes) is 7. The second kappa shape index (κ2) is 17.3. The summed E-state index contributed by atoms with van der Waals surface area (Å²) in [6, 6.07) is 0. The molecular formula is C37H61N3O3P+. The average Bonchev–Trinajstić information content (AvgIpc) is 3.07. The fourth-order valence-electron chi connectivity index (χ4n) is 9.67. The molecule has 0 saturated heterocycles. The van der Waals surface area contributed by atoms with Gasteiger partial charge in [0.05, 0.1) is 33.6 Å². The monoisotopic (exact) mass is 626 g/mol. The fourth-order valence-corrected chi connectivity index (χ4v) is 17.3. The summed E-state index contributed by atoms with van der Waals surface area (Å²) in [5, 5.41) is 8.39. The minimum absolute atomic E-state index is 0.0479. The van der Waals surface area contributed by atoms with E-state index in [9.17, 15) is 14.4 Å². The average molecular weight is 627 g/mol. The number of hydrogen-bond donors (Lipinski definition) is 3. The first-order valence-electron chi connectivity index (χ1n) is 18.8. The molecule has 1 aromatic heterocycles. The zero-order chi connectivity index (χ0) is 30.6. The van der Waals surface area contributed by atoms with Gasteiger partial charge in [-0.3, -0.25) is 24.6 Å². The van der Waals surface area contributed by atoms with E-state index < -0.39 is 7.26 Å². The zero-order valence-corrected chi connectivity index (χ0v) is 28.5. The lowest BCUT2D eigenvalue weighted by atomic mass is 9.99. The summed E-state index contributed by atoms with van der Waals surface area (Å²) in [6.45, 7) is 0. The molecule has 3 saturated carbocycles. The third kappa shape index (κ3) is 8.56. The largest absolute Gasteiger partial charge is 0.329 e. The Morgan fingerprint density at radius 2 is 1.14 bits per heavy atom. The maximum atomic E-state index is 12.6. The van der Waals surface area contributed by atoms with Crippen molar-refractivity contribution in [2.45, 2.75) is 184 Å². The summed E-state index contributed by atoms with van der Waals surface area (Å²) >= 11 is 0. The van der Waals surface area contributed by atoms with Crippen LogP contribution < -0.4 is 26.9 Å². The van der Waals surface area contributed by atoms with Crippen molar-refractivity contribution in [3.05, 3.63) is 31.1 Å². The van der Waals surface area contributed by atoms with Gasteiger partial charge in [-0.15, -0.1) is 0 Å². The molecule has 3 fully saturated rings. The molecule has 3 N–H and O–H groups in total. The fraction of sp³-hybridized carbons (Fsp3) is 0.811. The van der Waals surface area contributed by atoms with Gasteiger partial charge in [-0.25, -0.2) is 0 Å². The third-order valence-corrected chi connectivity index (χ3v) is 18.5. The molecule has 44 heavy (non-hydrogen) atoms. The number of hydrogen-bond acceptors (Lipinski definition) is 3. The summed E-state index contributed by atoms with van der Waals surface area (Å²) in [4.78, 5) is 37.0. The lowest BCUT2D eigenvalue weighted by molar-refractivity contribution is -0.120. The van der Waals surface area contributed by atoms with Crippen LogP contribution in [0.2, 0.25) is 0 Å². The quantitative estimate of drug-likeness (QED) is 0.140. The second-order valence-electron chi connectivity index (χ2n) is 14.6. The molecular weight excluding hydrogens is 565 g/mol. The van der Waals surface area contributed by atoms with Gasteiger partial charge >= 0.3 is 0 Å². The van der Waals surface area contributed by atoms with E-state index in [1.807, 2.05) is 0 Å². The van der Waals surface area contributed by atoms with Crippen LogP contribution in [0.5, 0.6) is 0 Å². The Balaban J connectivity index is 1.03. The molecule has 6 nitrogen and oxygen atoms in total. The normalized spacial score (nSPS) is 20.7. The van der Waals surface area contributed by atoms with Crippen molar-refractivity contribution in [1.29, 1.82) is 0 Å². The molecule has 0 aliphatic heterocycles. The van der Waals surface area contributed by atoms with E-state index in [2.05, 4.69) is 15.5 Å². The minimum Gasteiger partial charge on any atom is -0.329 e. The van der Waals surface area contributed by atoms with E-state index >= 15 is 0 Å². The molecule has 0 spiro atoms. The Morgan fingerprint density at radius 1 is 0.659 bits per heavy atom. The molecule has 0 radical (unpaired) electrons. The smallest absolute Gasteiger partial charge is 0.272 e. The Hall–Kier alpha value is -1.68. The summed E-state index contributed by atoms with van der Waals surface area (Å²) < 4.78 is 0. The zero-order valence-electron chi connectivity index (χ0n) is 27.6. The van der Waals surface area contributed by atoms with Crippen LogP contribution in [0.15, 0.2) is 9.59 Å². The predicted octanol–water partition coefficient (Wildman–Crippen LogP) is 7.39. The second-order valence-corrected chi connectivity index (χ2v) is 19.3.